The van der Waals surface area contributed by atoms with Crippen LogP contribution in [0.3, 0.4) is 0 Å². The van der Waals surface area contributed by atoms with Crippen molar-refractivity contribution in [2.24, 2.45) is 15.0 Å². The number of aromatic carboxylic acids is 1. The normalized spacial score (nSPS) is 25.7. The summed E-state index contributed by atoms with van der Waals surface area (Å²) in [5, 5.41) is 38.8. The van der Waals surface area contributed by atoms with Crippen LogP contribution in [0.4, 0.5) is 43.4 Å². The monoisotopic (exact) mass is 1490 g/mol. The van der Waals surface area contributed by atoms with Crippen molar-refractivity contribution in [3.8, 4) is 17.6 Å². The number of hydrogen-bond acceptors (Lipinski definition) is 24. The fraction of sp³-hybridized carbons (Fsp3) is 0.397. The van der Waals surface area contributed by atoms with E-state index in [2.05, 4.69) is 50.6 Å². The van der Waals surface area contributed by atoms with Gasteiger partial charge in [0.2, 0.25) is 17.6 Å². The Kier molecular flexibility index (Phi) is 20.4. The lowest BCUT2D eigenvalue weighted by Crippen LogP contribution is -2.34. The highest BCUT2D eigenvalue weighted by Gasteiger charge is 2.51. The highest BCUT2D eigenvalue weighted by molar-refractivity contribution is 9.10. The van der Waals surface area contributed by atoms with Gasteiger partial charge in [0.25, 0.3) is 0 Å². The molecule has 6 fully saturated rings. The van der Waals surface area contributed by atoms with Gasteiger partial charge in [0.1, 0.15) is 125 Å². The summed E-state index contributed by atoms with van der Waals surface area (Å²) < 4.78 is 157. The minimum Gasteiger partial charge on any atom is -0.478 e. The second-order valence-electron chi connectivity index (χ2n) is 23.1. The first-order valence-electron chi connectivity index (χ1n) is 29.9. The van der Waals surface area contributed by atoms with E-state index in [-0.39, 0.29) is 133 Å². The van der Waals surface area contributed by atoms with Gasteiger partial charge in [0, 0.05) is 4.47 Å². The van der Waals surface area contributed by atoms with E-state index in [0.717, 1.165) is 31.4 Å². The van der Waals surface area contributed by atoms with Crippen molar-refractivity contribution < 1.29 is 118 Å². The summed E-state index contributed by atoms with van der Waals surface area (Å²) in [5.74, 6) is -6.69. The van der Waals surface area contributed by atoms with Crippen LogP contribution in [0.2, 0.25) is 15.1 Å². The molecule has 98 heavy (non-hydrogen) atoms. The number of carboxylic acids is 1. The summed E-state index contributed by atoms with van der Waals surface area (Å²) in [6.07, 6.45) is -4.89. The summed E-state index contributed by atoms with van der Waals surface area (Å²) >= 11 is 21.7. The smallest absolute Gasteiger partial charge is 0.338 e. The third-order valence-electron chi connectivity index (χ3n) is 16.6. The molecule has 3 aromatic carbocycles. The molecule has 0 unspecified atom stereocenters. The van der Waals surface area contributed by atoms with E-state index in [1.54, 1.807) is 6.07 Å². The summed E-state index contributed by atoms with van der Waals surface area (Å²) in [7, 11) is 1.11. The zero-order valence-corrected chi connectivity index (χ0v) is 54.3. The molecule has 0 amide bonds. The number of ether oxygens (including phenoxy) is 13. The molecule has 0 radical (unpaired) electrons. The maximum atomic E-state index is 14.3. The van der Waals surface area contributed by atoms with Gasteiger partial charge < -0.3 is 82.0 Å². The van der Waals surface area contributed by atoms with Crippen LogP contribution in [0.25, 0.3) is 0 Å². The molecule has 0 bridgehead atoms. The molecule has 25 nitrogen and oxygen atoms in total. The third-order valence-corrected chi connectivity index (χ3v) is 17.9. The number of carbonyl (C=O) groups excluding carboxylic acids is 1. The number of pyridine rings is 3. The van der Waals surface area contributed by atoms with Crippen LogP contribution in [0.1, 0.15) is 54.5 Å². The molecule has 3 aromatic heterocycles. The summed E-state index contributed by atoms with van der Waals surface area (Å²) in [5.41, 5.74) is 1.22. The molecule has 35 heteroatoms. The van der Waals surface area contributed by atoms with Gasteiger partial charge in [-0.15, -0.1) is 0 Å². The lowest BCUT2D eigenvalue weighted by atomic mass is 10.1. The second kappa shape index (κ2) is 28.9. The molecule has 9 aliphatic rings. The zero-order valence-electron chi connectivity index (χ0n) is 50.5. The number of carboxylic acid groups (broad SMARTS) is 1. The third kappa shape index (κ3) is 14.6. The van der Waals surface area contributed by atoms with Crippen LogP contribution in [0.5, 0.6) is 17.6 Å². The average molecular weight is 1500 g/mol. The van der Waals surface area contributed by atoms with Gasteiger partial charge in [0.05, 0.1) is 128 Å². The minimum atomic E-state index is -1.45. The molecule has 518 valence electrons. The van der Waals surface area contributed by atoms with E-state index in [0.29, 0.717) is 74.9 Å². The van der Waals surface area contributed by atoms with Crippen LogP contribution in [0.15, 0.2) is 74.0 Å². The highest BCUT2D eigenvalue weighted by atomic mass is 79.9. The lowest BCUT2D eigenvalue weighted by molar-refractivity contribution is 0.00555. The fourth-order valence-corrected chi connectivity index (χ4v) is 12.8. The average Bonchev–Trinajstić information content (AvgIpc) is 1.62. The van der Waals surface area contributed by atoms with Crippen LogP contribution in [0, 0.1) is 34.9 Å². The molecule has 6 aromatic rings. The van der Waals surface area contributed by atoms with Crippen molar-refractivity contribution in [3.63, 3.8) is 0 Å². The molecule has 4 N–H and O–H groups in total. The largest absolute Gasteiger partial charge is 0.478 e. The van der Waals surface area contributed by atoms with Crippen molar-refractivity contribution in [1.82, 2.24) is 15.0 Å². The molecular weight excluding hydrogens is 1440 g/mol. The number of halogens is 10. The highest BCUT2D eigenvalue weighted by Crippen LogP contribution is 2.41. The number of carbonyl (C=O) groups is 2. The first-order valence-corrected chi connectivity index (χ1v) is 31.8. The van der Waals surface area contributed by atoms with E-state index in [9.17, 15) is 51.3 Å². The Morgan fingerprint density at radius 3 is 1.07 bits per heavy atom. The number of benzene rings is 3. The van der Waals surface area contributed by atoms with Crippen molar-refractivity contribution >= 4 is 97.4 Å². The predicted octanol–water partition coefficient (Wildman–Crippen LogP) is 8.41. The molecule has 0 spiro atoms. The Morgan fingerprint density at radius 1 is 0.469 bits per heavy atom. The number of aliphatic imine (C=N–C) groups is 3. The second-order valence-corrected chi connectivity index (χ2v) is 25.2. The number of aliphatic hydroxyl groups is 3. The Hall–Kier alpha value is -7.57. The van der Waals surface area contributed by atoms with E-state index in [4.69, 9.17) is 96.8 Å². The van der Waals surface area contributed by atoms with E-state index in [1.807, 2.05) is 0 Å². The predicted molar refractivity (Wildman–Crippen MR) is 329 cm³/mol. The van der Waals surface area contributed by atoms with Crippen molar-refractivity contribution in [1.29, 1.82) is 0 Å². The van der Waals surface area contributed by atoms with Gasteiger partial charge in [-0.1, -0.05) is 50.7 Å². The van der Waals surface area contributed by atoms with Gasteiger partial charge in [-0.25, -0.2) is 65.9 Å². The van der Waals surface area contributed by atoms with Gasteiger partial charge in [0.15, 0.2) is 36.0 Å². The Labute approximate surface area is 573 Å². The molecule has 6 saturated heterocycles. The van der Waals surface area contributed by atoms with Crippen molar-refractivity contribution in [3.05, 3.63) is 154 Å². The summed E-state index contributed by atoms with van der Waals surface area (Å²) in [6, 6.07) is 10.1. The zero-order chi connectivity index (χ0) is 69.0. The molecule has 15 rings (SSSR count). The van der Waals surface area contributed by atoms with Gasteiger partial charge in [-0.2, -0.15) is 0 Å². The SMILES string of the molecule is COC(=O)c1cc(F)c(COc2nc3c(cc2Cl)N=C(O[C@@H]2CO[C@H]4[C@@H]2OC[C@H]4O)C3)c(F)c1.O=C(O)c1cc(F)c(COc2nc3c(cc2Cl)N=C(O[C@@H]2CO[C@H]4[C@@H]2OC[C@H]4O)C3)c(F)c1.O[C@@H]1CO[C@H]2[C@@H]1OC[C@H]2OC1=Nc2cc(Cl)c(OCc3c(F)cc(Br)cc3F)nc2C1. The summed E-state index contributed by atoms with van der Waals surface area (Å²) in [4.78, 5) is 48.5. The Morgan fingerprint density at radius 2 is 0.765 bits per heavy atom. The van der Waals surface area contributed by atoms with Gasteiger partial charge in [-0.05, 0) is 54.6 Å². The van der Waals surface area contributed by atoms with E-state index in [1.165, 1.54) is 12.1 Å². The minimum absolute atomic E-state index is 0.0285. The maximum absolute atomic E-state index is 14.3. The number of fused-ring (bicyclic) bond motifs is 6. The number of rotatable bonds is 14. The Balaban J connectivity index is 0.000000132. The molecule has 9 aliphatic heterocycles. The molecule has 12 heterocycles. The number of hydrogen-bond donors (Lipinski definition) is 4. The van der Waals surface area contributed by atoms with Crippen LogP contribution >= 0.6 is 50.7 Å². The molecular formula is C63H52BrCl3F6N6O19. The number of aromatic nitrogens is 3. The maximum Gasteiger partial charge on any atom is 0.338 e. The topological polar surface area (TPSA) is 311 Å². The lowest BCUT2D eigenvalue weighted by Gasteiger charge is -2.17. The molecule has 0 saturated carbocycles. The van der Waals surface area contributed by atoms with Crippen LogP contribution in [-0.2, 0) is 86.5 Å². The van der Waals surface area contributed by atoms with Crippen LogP contribution < -0.4 is 14.2 Å². The van der Waals surface area contributed by atoms with Crippen LogP contribution in [-0.4, -0.2) is 185 Å². The van der Waals surface area contributed by atoms with Crippen molar-refractivity contribution in [2.45, 2.75) is 112 Å². The number of aliphatic hydroxyl groups excluding tert-OH is 3. The quantitative estimate of drug-likeness (QED) is 0.0587. The molecule has 12 atom stereocenters. The standard InChI is InChI=1S/C22H19ClF2N2O7.C21H17ClF2N2O7.C20H16BrClF2N2O5/c1-30-22(29)9-2-12(24)10(13(25)3-9)6-33-21-11(23)4-14-15(27-21)5-18(26-14)34-17-8-32-19-16(28)7-31-20(17)19;22-10-3-13-14(4-17(25-13)33-16-7-31-18-15(27)6-30-19(16)18)26-20(10)32-5-9-11(23)1-8(21(28)29)2-12(9)24;21-8-1-11(23)9(12(24)2-8)5-30-20-10(22)3-13-14(26-20)4-17(25-13)31-16-7-29-18-15(27)6-28-19(16)18/h2-4,16-17,19-20,28H,5-8H2,1H3;1-3,15-16,18-19,27H,4-7H2,(H,28,29);1-3,15-16,18-19,27H,4-7H2/t16-,17-,19-,20-;2*15-,16-,18-,19-/m111/s1. The first kappa shape index (κ1) is 68.9. The molecule has 0 aliphatic carbocycles. The summed E-state index contributed by atoms with van der Waals surface area (Å²) in [6.45, 7) is -0.0478. The van der Waals surface area contributed by atoms with E-state index >= 15 is 0 Å². The number of methoxy groups -OCH3 is 1. The Bertz CT molecular complexity index is 4180. The van der Waals surface area contributed by atoms with Crippen molar-refractivity contribution in [2.75, 3.05) is 46.8 Å². The first-order chi connectivity index (χ1) is 47.0. The van der Waals surface area contributed by atoms with Gasteiger partial charge in [-0.3, -0.25) is 0 Å². The van der Waals surface area contributed by atoms with E-state index < -0.39 is 120 Å². The van der Waals surface area contributed by atoms with Gasteiger partial charge >= 0.3 is 11.9 Å². The number of esters is 1. The fourth-order valence-electron chi connectivity index (χ4n) is 11.8. The number of nitrogens with zero attached hydrogens (tertiary/aromatic N) is 6.